The molecule has 4 N–H and O–H groups in total. The lowest BCUT2D eigenvalue weighted by Gasteiger charge is -2.17. The number of aliphatic hydroxyl groups excluding tert-OH is 3. The van der Waals surface area contributed by atoms with Gasteiger partial charge in [0.2, 0.25) is 0 Å². The first-order chi connectivity index (χ1) is 9.90. The van der Waals surface area contributed by atoms with Crippen molar-refractivity contribution in [2.75, 3.05) is 6.61 Å². The Labute approximate surface area is 136 Å². The summed E-state index contributed by atoms with van der Waals surface area (Å²) in [4.78, 5) is 25.6. The van der Waals surface area contributed by atoms with Crippen molar-refractivity contribution < 1.29 is 20.1 Å². The number of ether oxygens (including phenoxy) is 1. The van der Waals surface area contributed by atoms with Gasteiger partial charge in [0.1, 0.15) is 18.3 Å². The Morgan fingerprint density at radius 1 is 1.48 bits per heavy atom. The van der Waals surface area contributed by atoms with Crippen LogP contribution >= 0.6 is 34.2 Å². The van der Waals surface area contributed by atoms with Gasteiger partial charge < -0.3 is 20.1 Å². The van der Waals surface area contributed by atoms with Crippen LogP contribution in [0.5, 0.6) is 0 Å². The predicted octanol–water partition coefficient (Wildman–Crippen LogP) is -0.880. The molecule has 8 nitrogen and oxygen atoms in total. The summed E-state index contributed by atoms with van der Waals surface area (Å²) >= 11 is 7.70. The molecule has 0 aromatic carbocycles. The summed E-state index contributed by atoms with van der Waals surface area (Å²) in [7, 11) is 0. The molecule has 116 valence electrons. The quantitative estimate of drug-likeness (QED) is 0.462. The maximum absolute atomic E-state index is 11.8. The van der Waals surface area contributed by atoms with Crippen LogP contribution in [0.1, 0.15) is 11.8 Å². The molecule has 10 heteroatoms. The van der Waals surface area contributed by atoms with Crippen LogP contribution in [0.2, 0.25) is 0 Å². The maximum Gasteiger partial charge on any atom is 0.330 e. The van der Waals surface area contributed by atoms with E-state index in [0.29, 0.717) is 0 Å². The SMILES string of the molecule is O=c1[nH]c(=O)n([C@H]2O[C@@H](CO)C(O)C2O)cc1/C(Cl)=C\I. The van der Waals surface area contributed by atoms with E-state index in [-0.39, 0.29) is 10.6 Å². The lowest BCUT2D eigenvalue weighted by molar-refractivity contribution is -0.0550. The average Bonchev–Trinajstić information content (AvgIpc) is 2.74. The first kappa shape index (κ1) is 16.6. The van der Waals surface area contributed by atoms with E-state index in [0.717, 1.165) is 10.8 Å². The molecule has 2 unspecified atom stereocenters. The van der Waals surface area contributed by atoms with E-state index in [1.54, 1.807) is 0 Å². The highest BCUT2D eigenvalue weighted by Gasteiger charge is 2.43. The minimum atomic E-state index is -1.43. The van der Waals surface area contributed by atoms with Crippen molar-refractivity contribution in [3.8, 4) is 0 Å². The number of aromatic nitrogens is 2. The van der Waals surface area contributed by atoms with Gasteiger partial charge in [0.25, 0.3) is 5.56 Å². The number of rotatable bonds is 3. The van der Waals surface area contributed by atoms with Gasteiger partial charge in [-0.3, -0.25) is 14.3 Å². The summed E-state index contributed by atoms with van der Waals surface area (Å²) in [6.45, 7) is -0.520. The third-order valence-corrected chi connectivity index (χ3v) is 4.42. The second kappa shape index (κ2) is 6.58. The zero-order chi connectivity index (χ0) is 15.7. The molecular weight excluding hydrogens is 418 g/mol. The summed E-state index contributed by atoms with van der Waals surface area (Å²) < 4.78 is 7.60. The smallest absolute Gasteiger partial charge is 0.330 e. The molecule has 0 saturated carbocycles. The molecule has 2 rings (SSSR count). The monoisotopic (exact) mass is 430 g/mol. The Kier molecular flexibility index (Phi) is 5.22. The minimum Gasteiger partial charge on any atom is -0.394 e. The van der Waals surface area contributed by atoms with Gasteiger partial charge in [-0.15, -0.1) is 0 Å². The number of nitrogens with zero attached hydrogens (tertiary/aromatic N) is 1. The molecule has 0 bridgehead atoms. The Hall–Kier alpha value is -0.720. The molecule has 2 heterocycles. The maximum atomic E-state index is 11.8. The van der Waals surface area contributed by atoms with Gasteiger partial charge >= 0.3 is 5.69 Å². The largest absolute Gasteiger partial charge is 0.394 e. The van der Waals surface area contributed by atoms with Crippen molar-refractivity contribution in [3.63, 3.8) is 0 Å². The highest BCUT2D eigenvalue weighted by Crippen LogP contribution is 2.28. The number of hydrogen-bond acceptors (Lipinski definition) is 6. The minimum absolute atomic E-state index is 0.0170. The van der Waals surface area contributed by atoms with Crippen LogP contribution < -0.4 is 11.2 Å². The first-order valence-corrected chi connectivity index (χ1v) is 7.47. The highest BCUT2D eigenvalue weighted by atomic mass is 127. The van der Waals surface area contributed by atoms with E-state index < -0.39 is 42.4 Å². The van der Waals surface area contributed by atoms with Crippen LogP contribution in [0.25, 0.3) is 5.03 Å². The number of H-pyrrole nitrogens is 1. The van der Waals surface area contributed by atoms with Gasteiger partial charge in [-0.2, -0.15) is 0 Å². The third kappa shape index (κ3) is 3.07. The standard InChI is InChI=1S/C11H12ClIN2O6/c12-5(1-13)4-2-15(11(20)14-9(4)19)10-8(18)7(17)6(3-16)21-10/h1-2,6-8,10,16-18H,3H2,(H,14,19,20)/b5-1+/t6-,7?,8?,10-/m0/s1. The number of aliphatic hydroxyl groups is 3. The van der Waals surface area contributed by atoms with Crippen molar-refractivity contribution >= 4 is 39.2 Å². The van der Waals surface area contributed by atoms with Crippen molar-refractivity contribution in [1.82, 2.24) is 9.55 Å². The van der Waals surface area contributed by atoms with Crippen LogP contribution in [-0.4, -0.2) is 49.8 Å². The van der Waals surface area contributed by atoms with Crippen LogP contribution in [0.3, 0.4) is 0 Å². The van der Waals surface area contributed by atoms with Crippen LogP contribution in [0, 0.1) is 0 Å². The van der Waals surface area contributed by atoms with Crippen LogP contribution in [-0.2, 0) is 4.74 Å². The molecule has 1 aliphatic heterocycles. The van der Waals surface area contributed by atoms with Crippen LogP contribution in [0.4, 0.5) is 0 Å². The second-order valence-electron chi connectivity index (χ2n) is 4.40. The molecule has 1 aromatic rings. The van der Waals surface area contributed by atoms with E-state index >= 15 is 0 Å². The number of nitrogens with one attached hydrogen (secondary N) is 1. The predicted molar refractivity (Wildman–Crippen MR) is 82.2 cm³/mol. The topological polar surface area (TPSA) is 125 Å². The zero-order valence-corrected chi connectivity index (χ0v) is 13.4. The van der Waals surface area contributed by atoms with Crippen molar-refractivity contribution in [3.05, 3.63) is 36.7 Å². The van der Waals surface area contributed by atoms with E-state index in [4.69, 9.17) is 21.4 Å². The molecule has 0 spiro atoms. The fraction of sp³-hybridized carbons (Fsp3) is 0.455. The Balaban J connectivity index is 2.50. The van der Waals surface area contributed by atoms with Gasteiger partial charge in [-0.05, 0) is 4.08 Å². The third-order valence-electron chi connectivity index (χ3n) is 3.11. The lowest BCUT2D eigenvalue weighted by Crippen LogP contribution is -2.38. The molecule has 0 amide bonds. The number of hydrogen-bond donors (Lipinski definition) is 4. The van der Waals surface area contributed by atoms with Crippen molar-refractivity contribution in [1.29, 1.82) is 0 Å². The Morgan fingerprint density at radius 3 is 2.67 bits per heavy atom. The Morgan fingerprint density at radius 2 is 2.14 bits per heavy atom. The normalized spacial score (nSPS) is 29.9. The molecular formula is C11H12ClIN2O6. The van der Waals surface area contributed by atoms with Crippen LogP contribution in [0.15, 0.2) is 19.9 Å². The fourth-order valence-corrected chi connectivity index (χ4v) is 2.48. The second-order valence-corrected chi connectivity index (χ2v) is 5.43. The molecule has 1 fully saturated rings. The lowest BCUT2D eigenvalue weighted by atomic mass is 10.1. The van der Waals surface area contributed by atoms with E-state index in [9.17, 15) is 19.8 Å². The van der Waals surface area contributed by atoms with E-state index in [1.165, 1.54) is 4.08 Å². The summed E-state index contributed by atoms with van der Waals surface area (Å²) in [6, 6.07) is 0. The summed E-state index contributed by atoms with van der Waals surface area (Å²) in [5.41, 5.74) is -1.49. The number of halogens is 2. The van der Waals surface area contributed by atoms with Gasteiger partial charge in [0.05, 0.1) is 17.2 Å². The first-order valence-electron chi connectivity index (χ1n) is 5.85. The van der Waals surface area contributed by atoms with Gasteiger partial charge in [-0.25, -0.2) is 4.79 Å². The van der Waals surface area contributed by atoms with Gasteiger partial charge in [0.15, 0.2) is 6.23 Å². The van der Waals surface area contributed by atoms with E-state index in [1.807, 2.05) is 22.6 Å². The van der Waals surface area contributed by atoms with E-state index in [2.05, 4.69) is 4.98 Å². The van der Waals surface area contributed by atoms with Gasteiger partial charge in [0, 0.05) is 6.20 Å². The molecule has 0 aliphatic carbocycles. The summed E-state index contributed by atoms with van der Waals surface area (Å²) in [6.07, 6.45) is -3.90. The molecule has 1 aliphatic rings. The molecule has 1 saturated heterocycles. The Bertz CT molecular complexity index is 671. The number of aromatic amines is 1. The summed E-state index contributed by atoms with van der Waals surface area (Å²) in [5, 5.41) is 28.8. The fourth-order valence-electron chi connectivity index (χ4n) is 2.01. The highest BCUT2D eigenvalue weighted by molar-refractivity contribution is 14.1. The average molecular weight is 431 g/mol. The molecule has 21 heavy (non-hydrogen) atoms. The molecule has 0 radical (unpaired) electrons. The summed E-state index contributed by atoms with van der Waals surface area (Å²) in [5.74, 6) is 0. The van der Waals surface area contributed by atoms with Crippen molar-refractivity contribution in [2.45, 2.75) is 24.5 Å². The molecule has 4 atom stereocenters. The van der Waals surface area contributed by atoms with Crippen molar-refractivity contribution in [2.24, 2.45) is 0 Å². The van der Waals surface area contributed by atoms with Gasteiger partial charge in [-0.1, -0.05) is 34.2 Å². The molecule has 1 aromatic heterocycles. The zero-order valence-electron chi connectivity index (χ0n) is 10.4.